The molecule has 0 heterocycles. The third-order valence-electron chi connectivity index (χ3n) is 7.98. The van der Waals surface area contributed by atoms with Crippen molar-refractivity contribution in [2.75, 3.05) is 0 Å². The first-order chi connectivity index (χ1) is 12.6. The number of ketones is 2. The number of rotatable bonds is 2. The Morgan fingerprint density at radius 1 is 1.26 bits per heavy atom. The van der Waals surface area contributed by atoms with Crippen LogP contribution in [0.15, 0.2) is 23.3 Å². The Balaban J connectivity index is 1.89. The summed E-state index contributed by atoms with van der Waals surface area (Å²) >= 11 is 0. The van der Waals surface area contributed by atoms with E-state index in [1.165, 1.54) is 6.08 Å². The molecule has 6 heteroatoms. The molecule has 4 rings (SSSR count). The van der Waals surface area contributed by atoms with E-state index in [-0.39, 0.29) is 36.2 Å². The molecule has 144 valence electrons. The van der Waals surface area contributed by atoms with Crippen LogP contribution in [0, 0.1) is 28.6 Å². The molecule has 2 fully saturated rings. The molecule has 0 saturated heterocycles. The van der Waals surface area contributed by atoms with E-state index in [1.54, 1.807) is 13.0 Å². The van der Waals surface area contributed by atoms with Gasteiger partial charge in [-0.2, -0.15) is 0 Å². The Morgan fingerprint density at radius 3 is 2.59 bits per heavy atom. The smallest absolute Gasteiger partial charge is 0.336 e. The lowest BCUT2D eigenvalue weighted by Gasteiger charge is -2.56. The van der Waals surface area contributed by atoms with Crippen molar-refractivity contribution < 1.29 is 29.4 Å². The lowest BCUT2D eigenvalue weighted by Crippen LogP contribution is -2.60. The Bertz CT molecular complexity index is 838. The van der Waals surface area contributed by atoms with Crippen LogP contribution < -0.4 is 0 Å². The number of carbonyl (C=O) groups is 4. The minimum Gasteiger partial charge on any atom is -0.479 e. The van der Waals surface area contributed by atoms with Crippen molar-refractivity contribution in [3.63, 3.8) is 0 Å². The van der Waals surface area contributed by atoms with Gasteiger partial charge in [-0.15, -0.1) is 0 Å². The summed E-state index contributed by atoms with van der Waals surface area (Å²) in [7, 11) is 0. The maximum Gasteiger partial charge on any atom is 0.336 e. The molecule has 0 aromatic heterocycles. The van der Waals surface area contributed by atoms with Crippen molar-refractivity contribution in [3.8, 4) is 0 Å². The van der Waals surface area contributed by atoms with Gasteiger partial charge in [0.1, 0.15) is 12.1 Å². The fourth-order valence-electron chi connectivity index (χ4n) is 6.48. The molecule has 0 aromatic rings. The minimum atomic E-state index is -1.94. The SMILES string of the molecule is C[C@]12CCC(=O)C=C1C(C=O)=C[C@@H]1[C@@H]2C(=O)C[C@@]2(C)[C@H]1CC[C@]2(O)C(=O)O. The van der Waals surface area contributed by atoms with Crippen LogP contribution in [-0.2, 0) is 19.2 Å². The molecule has 6 atom stereocenters. The van der Waals surface area contributed by atoms with Crippen molar-refractivity contribution in [3.05, 3.63) is 23.3 Å². The average molecular weight is 372 g/mol. The number of carboxylic acids is 1. The zero-order chi connectivity index (χ0) is 19.8. The van der Waals surface area contributed by atoms with Crippen LogP contribution in [0.4, 0.5) is 0 Å². The quantitative estimate of drug-likeness (QED) is 0.716. The number of allylic oxidation sites excluding steroid dienone is 4. The van der Waals surface area contributed by atoms with Crippen LogP contribution in [0.5, 0.6) is 0 Å². The molecule has 0 spiro atoms. The summed E-state index contributed by atoms with van der Waals surface area (Å²) in [5.74, 6) is -2.31. The molecule has 0 aromatic carbocycles. The molecule has 27 heavy (non-hydrogen) atoms. The van der Waals surface area contributed by atoms with Gasteiger partial charge in [-0.05, 0) is 42.7 Å². The van der Waals surface area contributed by atoms with Crippen LogP contribution in [0.3, 0.4) is 0 Å². The lowest BCUT2D eigenvalue weighted by atomic mass is 9.47. The molecule has 4 aliphatic carbocycles. The predicted molar refractivity (Wildman–Crippen MR) is 94.6 cm³/mol. The lowest BCUT2D eigenvalue weighted by molar-refractivity contribution is -0.180. The highest BCUT2D eigenvalue weighted by molar-refractivity contribution is 5.98. The van der Waals surface area contributed by atoms with Gasteiger partial charge in [0.15, 0.2) is 11.4 Å². The van der Waals surface area contributed by atoms with Gasteiger partial charge in [-0.25, -0.2) is 4.79 Å². The number of fused-ring (bicyclic) bond motifs is 5. The number of hydrogen-bond donors (Lipinski definition) is 2. The van der Waals surface area contributed by atoms with Crippen LogP contribution in [0.1, 0.15) is 46.0 Å². The summed E-state index contributed by atoms with van der Waals surface area (Å²) in [4.78, 5) is 48.8. The summed E-state index contributed by atoms with van der Waals surface area (Å²) < 4.78 is 0. The minimum absolute atomic E-state index is 0.00269. The second-order valence-corrected chi connectivity index (χ2v) is 9.11. The molecule has 0 bridgehead atoms. The van der Waals surface area contributed by atoms with Gasteiger partial charge in [-0.3, -0.25) is 14.4 Å². The maximum absolute atomic E-state index is 13.3. The number of hydrogen-bond acceptors (Lipinski definition) is 5. The standard InChI is InChI=1S/C21H24O6/c1-19-5-3-12(23)8-15(19)11(10-22)7-13-14-4-6-21(27,18(25)26)20(14,2)9-16(24)17(13)19/h7-8,10,13-14,17,27H,3-6,9H2,1-2H3,(H,25,26)/t13-,14-,17+,19-,20-,21-/m0/s1. The van der Waals surface area contributed by atoms with Gasteiger partial charge in [0, 0.05) is 35.2 Å². The van der Waals surface area contributed by atoms with E-state index >= 15 is 0 Å². The van der Waals surface area contributed by atoms with E-state index in [2.05, 4.69) is 0 Å². The Hall–Kier alpha value is -2.08. The van der Waals surface area contributed by atoms with Crippen molar-refractivity contribution >= 4 is 23.8 Å². The van der Waals surface area contributed by atoms with E-state index in [9.17, 15) is 29.4 Å². The van der Waals surface area contributed by atoms with Gasteiger partial charge < -0.3 is 10.2 Å². The Labute approximate surface area is 157 Å². The third kappa shape index (κ3) is 2.10. The first-order valence-electron chi connectivity index (χ1n) is 9.49. The second-order valence-electron chi connectivity index (χ2n) is 9.11. The highest BCUT2D eigenvalue weighted by Gasteiger charge is 2.68. The highest BCUT2D eigenvalue weighted by Crippen LogP contribution is 2.65. The molecule has 2 N–H and O–H groups in total. The van der Waals surface area contributed by atoms with Gasteiger partial charge in [0.25, 0.3) is 0 Å². The zero-order valence-electron chi connectivity index (χ0n) is 15.5. The van der Waals surface area contributed by atoms with E-state index in [4.69, 9.17) is 0 Å². The number of Topliss-reactive ketones (excluding diaryl/α,β-unsaturated/α-hetero) is 1. The van der Waals surface area contributed by atoms with Gasteiger partial charge >= 0.3 is 5.97 Å². The van der Waals surface area contributed by atoms with Crippen molar-refractivity contribution in [1.82, 2.24) is 0 Å². The summed E-state index contributed by atoms with van der Waals surface area (Å²) in [5, 5.41) is 20.5. The first-order valence-corrected chi connectivity index (χ1v) is 9.49. The first kappa shape index (κ1) is 18.3. The summed E-state index contributed by atoms with van der Waals surface area (Å²) in [6, 6.07) is 0. The topological polar surface area (TPSA) is 109 Å². The maximum atomic E-state index is 13.3. The molecule has 6 nitrogen and oxygen atoms in total. The fraction of sp³-hybridized carbons (Fsp3) is 0.619. The van der Waals surface area contributed by atoms with E-state index < -0.39 is 28.3 Å². The van der Waals surface area contributed by atoms with Crippen molar-refractivity contribution in [2.45, 2.75) is 51.6 Å². The van der Waals surface area contributed by atoms with Gasteiger partial charge in [-0.1, -0.05) is 19.9 Å². The zero-order valence-corrected chi connectivity index (χ0v) is 15.5. The van der Waals surface area contributed by atoms with Crippen LogP contribution in [0.25, 0.3) is 0 Å². The number of carbonyl (C=O) groups excluding carboxylic acids is 3. The monoisotopic (exact) mass is 372 g/mol. The van der Waals surface area contributed by atoms with E-state index in [0.29, 0.717) is 30.4 Å². The van der Waals surface area contributed by atoms with Crippen LogP contribution >= 0.6 is 0 Å². The largest absolute Gasteiger partial charge is 0.479 e. The molecular formula is C21H24O6. The molecule has 4 aliphatic rings. The Kier molecular flexibility index (Phi) is 3.71. The van der Waals surface area contributed by atoms with Gasteiger partial charge in [0.05, 0.1) is 0 Å². The molecule has 0 amide bonds. The molecule has 2 saturated carbocycles. The second kappa shape index (κ2) is 5.47. The molecule has 0 aliphatic heterocycles. The molecular weight excluding hydrogens is 348 g/mol. The van der Waals surface area contributed by atoms with E-state index in [0.717, 1.165) is 6.29 Å². The van der Waals surface area contributed by atoms with Crippen molar-refractivity contribution in [1.29, 1.82) is 0 Å². The van der Waals surface area contributed by atoms with Crippen LogP contribution in [-0.4, -0.2) is 39.6 Å². The number of aliphatic hydroxyl groups is 1. The predicted octanol–water partition coefficient (Wildman–Crippen LogP) is 1.86. The van der Waals surface area contributed by atoms with Crippen LogP contribution in [0.2, 0.25) is 0 Å². The number of carboxylic acid groups (broad SMARTS) is 1. The van der Waals surface area contributed by atoms with E-state index in [1.807, 2.05) is 6.92 Å². The third-order valence-corrected chi connectivity index (χ3v) is 7.98. The number of aldehydes is 1. The summed E-state index contributed by atoms with van der Waals surface area (Å²) in [6.45, 7) is 3.64. The molecule has 0 unspecified atom stereocenters. The summed E-state index contributed by atoms with van der Waals surface area (Å²) in [5.41, 5.74) is -2.55. The molecule has 0 radical (unpaired) electrons. The summed E-state index contributed by atoms with van der Waals surface area (Å²) in [6.07, 6.45) is 5.43. The van der Waals surface area contributed by atoms with Gasteiger partial charge in [0.2, 0.25) is 0 Å². The fourth-order valence-corrected chi connectivity index (χ4v) is 6.48. The normalized spacial score (nSPS) is 46.0. The van der Waals surface area contributed by atoms with Crippen molar-refractivity contribution in [2.24, 2.45) is 28.6 Å². The number of aliphatic carboxylic acids is 1. The average Bonchev–Trinajstić information content (AvgIpc) is 2.87. The highest BCUT2D eigenvalue weighted by atomic mass is 16.4. The Morgan fingerprint density at radius 2 is 1.96 bits per heavy atom.